The van der Waals surface area contributed by atoms with E-state index in [0.717, 1.165) is 13.0 Å². The van der Waals surface area contributed by atoms with Crippen molar-refractivity contribution in [3.63, 3.8) is 0 Å². The molecule has 0 saturated carbocycles. The molecule has 2 rings (SSSR count). The first-order chi connectivity index (χ1) is 15.1. The van der Waals surface area contributed by atoms with E-state index in [1.165, 1.54) is 19.1 Å². The van der Waals surface area contributed by atoms with Crippen LogP contribution < -0.4 is 25.0 Å². The van der Waals surface area contributed by atoms with Crippen LogP contribution in [0.2, 0.25) is 0 Å². The van der Waals surface area contributed by atoms with Gasteiger partial charge in [0.05, 0.1) is 20.8 Å². The van der Waals surface area contributed by atoms with Gasteiger partial charge in [0.1, 0.15) is 11.5 Å². The molecule has 2 aromatic carbocycles. The van der Waals surface area contributed by atoms with Crippen LogP contribution in [0.4, 0.5) is 0 Å². The predicted molar refractivity (Wildman–Crippen MR) is 117 cm³/mol. The Kier molecular flexibility index (Phi) is 15.7. The van der Waals surface area contributed by atoms with E-state index >= 15 is 0 Å². The largest absolute Gasteiger partial charge is 4.00 e. The van der Waals surface area contributed by atoms with E-state index in [1.807, 2.05) is 0 Å². The molecule has 1 N–H and O–H groups in total. The maximum Gasteiger partial charge on any atom is 4.00 e. The molecular formula is C21H25FeN6O4+. The molecule has 0 heterocycles. The molecule has 0 radical (unpaired) electrons. The number of nitrogens with one attached hydrogen (secondary N) is 1. The van der Waals surface area contributed by atoms with Gasteiger partial charge in [-0.25, -0.2) is 0 Å². The Morgan fingerprint density at radius 3 is 1.81 bits per heavy atom. The standard InChI is InChI=1S/C21H27N3O4.Fe.N3/c1-27-18-8-3-6-16(20(18)25)14-23-11-5-10-22-12-13-24-15-17-7-4-9-19(28-2)21(17)26;;1-3-2/h3-4,6-9,14-15,22,25-26H,5,10-13H2,1-2H3;;/q;+4;-1/p-2. The summed E-state index contributed by atoms with van der Waals surface area (Å²) in [6, 6.07) is 10.2. The molecule has 0 aromatic heterocycles. The quantitative estimate of drug-likeness (QED) is 0.130. The second kappa shape index (κ2) is 17.5. The molecule has 0 saturated heterocycles. The minimum atomic E-state index is -0.156. The number of benzene rings is 2. The molecule has 0 bridgehead atoms. The minimum absolute atomic E-state index is 0. The third kappa shape index (κ3) is 10.2. The molecular weight excluding hydrogens is 456 g/mol. The third-order valence-corrected chi connectivity index (χ3v) is 3.98. The summed E-state index contributed by atoms with van der Waals surface area (Å²) in [5.74, 6) is 0.337. The summed E-state index contributed by atoms with van der Waals surface area (Å²) in [6.07, 6.45) is 4.01. The maximum absolute atomic E-state index is 12.0. The van der Waals surface area contributed by atoms with Gasteiger partial charge in [0.2, 0.25) is 0 Å². The van der Waals surface area contributed by atoms with Gasteiger partial charge >= 0.3 is 17.1 Å². The number of ether oxygens (including phenoxy) is 2. The fourth-order valence-electron chi connectivity index (χ4n) is 2.48. The van der Waals surface area contributed by atoms with Crippen LogP contribution in [0.1, 0.15) is 17.5 Å². The van der Waals surface area contributed by atoms with E-state index in [2.05, 4.69) is 15.3 Å². The average Bonchev–Trinajstić information content (AvgIpc) is 2.77. The predicted octanol–water partition coefficient (Wildman–Crippen LogP) is 2.23. The second-order valence-corrected chi connectivity index (χ2v) is 6.02. The van der Waals surface area contributed by atoms with Crippen molar-refractivity contribution in [3.8, 4) is 23.0 Å². The van der Waals surface area contributed by atoms with Crippen LogP contribution in [0.15, 0.2) is 46.4 Å². The molecule has 32 heavy (non-hydrogen) atoms. The fourth-order valence-corrected chi connectivity index (χ4v) is 2.48. The summed E-state index contributed by atoms with van der Waals surface area (Å²) in [5.41, 5.74) is 14.5. The SMILES string of the molecule is COc1cccc(C=NCCCNCCN=Cc2cccc(OC)c2[O-])c1[O-].[Fe+4].[N-]=[N+]=[N-]. The Bertz CT molecular complexity index is 834. The van der Waals surface area contributed by atoms with Crippen LogP contribution in [0.5, 0.6) is 23.0 Å². The van der Waals surface area contributed by atoms with E-state index in [1.54, 1.807) is 48.8 Å². The molecule has 0 unspecified atom stereocenters. The van der Waals surface area contributed by atoms with Crippen molar-refractivity contribution in [2.75, 3.05) is 40.4 Å². The van der Waals surface area contributed by atoms with Crippen LogP contribution >= 0.6 is 0 Å². The zero-order chi connectivity index (χ0) is 22.9. The first-order valence-corrected chi connectivity index (χ1v) is 9.45. The fraction of sp³-hybridized carbons (Fsp3) is 0.333. The number of para-hydroxylation sites is 2. The molecule has 0 fully saturated rings. The Labute approximate surface area is 197 Å². The van der Waals surface area contributed by atoms with Gasteiger partial charge < -0.3 is 36.1 Å². The Morgan fingerprint density at radius 1 is 0.875 bits per heavy atom. The van der Waals surface area contributed by atoms with Crippen molar-refractivity contribution in [1.29, 1.82) is 0 Å². The molecule has 170 valence electrons. The van der Waals surface area contributed by atoms with Gasteiger partial charge in [-0.05, 0) is 36.2 Å². The number of methoxy groups -OCH3 is 2. The maximum atomic E-state index is 12.0. The summed E-state index contributed by atoms with van der Waals surface area (Å²) in [6.45, 7) is 2.69. The van der Waals surface area contributed by atoms with Crippen molar-refractivity contribution in [3.05, 3.63) is 63.5 Å². The van der Waals surface area contributed by atoms with Crippen LogP contribution in [-0.4, -0.2) is 52.8 Å². The summed E-state index contributed by atoms with van der Waals surface area (Å²) in [7, 11) is 2.95. The monoisotopic (exact) mass is 481 g/mol. The molecule has 0 aliphatic carbocycles. The summed E-state index contributed by atoms with van der Waals surface area (Å²) >= 11 is 0. The topological polar surface area (TPSA) is 160 Å². The van der Waals surface area contributed by atoms with Crippen molar-refractivity contribution in [2.24, 2.45) is 9.98 Å². The molecule has 0 aliphatic rings. The van der Waals surface area contributed by atoms with Gasteiger partial charge in [0.25, 0.3) is 0 Å². The van der Waals surface area contributed by atoms with Crippen molar-refractivity contribution >= 4 is 12.4 Å². The summed E-state index contributed by atoms with van der Waals surface area (Å²) < 4.78 is 10.0. The van der Waals surface area contributed by atoms with Gasteiger partial charge in [-0.1, -0.05) is 35.8 Å². The molecule has 10 nitrogen and oxygen atoms in total. The molecule has 0 atom stereocenters. The number of rotatable bonds is 11. The van der Waals surface area contributed by atoms with E-state index in [-0.39, 0.29) is 28.6 Å². The Hall–Kier alpha value is -3.23. The summed E-state index contributed by atoms with van der Waals surface area (Å²) in [5, 5.41) is 27.2. The second-order valence-electron chi connectivity index (χ2n) is 6.02. The molecule has 0 amide bonds. The first kappa shape index (κ1) is 28.8. The van der Waals surface area contributed by atoms with Crippen LogP contribution in [-0.2, 0) is 17.1 Å². The van der Waals surface area contributed by atoms with Gasteiger partial charge in [-0.15, -0.1) is 0 Å². The van der Waals surface area contributed by atoms with Crippen molar-refractivity contribution < 1.29 is 36.8 Å². The Balaban J connectivity index is 0.00000227. The number of hydrogen-bond acceptors (Lipinski definition) is 7. The molecule has 11 heteroatoms. The van der Waals surface area contributed by atoms with Crippen molar-refractivity contribution in [2.45, 2.75) is 6.42 Å². The van der Waals surface area contributed by atoms with E-state index < -0.39 is 0 Å². The van der Waals surface area contributed by atoms with Crippen LogP contribution in [0.25, 0.3) is 16.0 Å². The van der Waals surface area contributed by atoms with E-state index in [9.17, 15) is 10.2 Å². The average molecular weight is 481 g/mol. The molecule has 2 aromatic rings. The first-order valence-electron chi connectivity index (χ1n) is 9.45. The van der Waals surface area contributed by atoms with Gasteiger partial charge in [0, 0.05) is 25.5 Å². The van der Waals surface area contributed by atoms with Gasteiger partial charge in [-0.2, -0.15) is 0 Å². The van der Waals surface area contributed by atoms with E-state index in [4.69, 9.17) is 20.5 Å². The normalized spacial score (nSPS) is 10.2. The number of aliphatic imine (C=N–C) groups is 2. The van der Waals surface area contributed by atoms with Crippen LogP contribution in [0, 0.1) is 0 Å². The molecule has 0 spiro atoms. The summed E-state index contributed by atoms with van der Waals surface area (Å²) in [4.78, 5) is 10.0. The third-order valence-electron chi connectivity index (χ3n) is 3.98. The van der Waals surface area contributed by atoms with Crippen LogP contribution in [0.3, 0.4) is 0 Å². The zero-order valence-corrected chi connectivity index (χ0v) is 19.0. The minimum Gasteiger partial charge on any atom is -0.870 e. The van der Waals surface area contributed by atoms with Gasteiger partial charge in [-0.3, -0.25) is 14.9 Å². The van der Waals surface area contributed by atoms with Crippen molar-refractivity contribution in [1.82, 2.24) is 5.32 Å². The Morgan fingerprint density at radius 2 is 1.34 bits per heavy atom. The smallest absolute Gasteiger partial charge is 0.870 e. The number of hydrogen-bond donors (Lipinski definition) is 1. The zero-order valence-electron chi connectivity index (χ0n) is 17.9. The number of nitrogens with zero attached hydrogens (tertiary/aromatic N) is 5. The van der Waals surface area contributed by atoms with E-state index in [0.29, 0.717) is 42.3 Å². The van der Waals surface area contributed by atoms with Gasteiger partial charge in [0.15, 0.2) is 0 Å². The molecule has 0 aliphatic heterocycles.